The number of benzene rings is 3. The zero-order valence-electron chi connectivity index (χ0n) is 16.2. The van der Waals surface area contributed by atoms with Crippen molar-refractivity contribution < 1.29 is 4.79 Å². The Bertz CT molecular complexity index is 1090. The number of hydrogen-bond acceptors (Lipinski definition) is 3. The third-order valence-corrected chi connectivity index (χ3v) is 4.96. The van der Waals surface area contributed by atoms with Gasteiger partial charge in [-0.3, -0.25) is 4.79 Å². The molecule has 0 aliphatic heterocycles. The second kappa shape index (κ2) is 8.53. The molecule has 0 saturated heterocycles. The summed E-state index contributed by atoms with van der Waals surface area (Å²) >= 11 is 0. The lowest BCUT2D eigenvalue weighted by atomic mass is 9.96. The van der Waals surface area contributed by atoms with E-state index in [1.165, 1.54) is 0 Å². The zero-order valence-corrected chi connectivity index (χ0v) is 16.2. The predicted molar refractivity (Wildman–Crippen MR) is 118 cm³/mol. The molecule has 0 aliphatic rings. The molecule has 0 bridgehead atoms. The Labute approximate surface area is 171 Å². The molecule has 0 saturated carbocycles. The smallest absolute Gasteiger partial charge is 0.159 e. The lowest BCUT2D eigenvalue weighted by Gasteiger charge is -2.22. The number of nitrogens with one attached hydrogen (secondary N) is 1. The molecule has 1 heterocycles. The zero-order chi connectivity index (χ0) is 20.1. The highest BCUT2D eigenvalue weighted by atomic mass is 16.1. The molecule has 4 rings (SSSR count). The van der Waals surface area contributed by atoms with Gasteiger partial charge in [-0.05, 0) is 35.7 Å². The van der Waals surface area contributed by atoms with Gasteiger partial charge in [0.05, 0.1) is 6.04 Å². The van der Waals surface area contributed by atoms with Crippen LogP contribution in [0.15, 0.2) is 103 Å². The first-order valence-electron chi connectivity index (χ1n) is 9.65. The lowest BCUT2D eigenvalue weighted by Crippen LogP contribution is -2.14. The van der Waals surface area contributed by atoms with E-state index in [2.05, 4.69) is 40.6 Å². The highest BCUT2D eigenvalue weighted by molar-refractivity contribution is 5.94. The van der Waals surface area contributed by atoms with Gasteiger partial charge in [-0.15, -0.1) is 0 Å². The van der Waals surface area contributed by atoms with Crippen LogP contribution in [0, 0.1) is 0 Å². The van der Waals surface area contributed by atoms with Crippen LogP contribution in [0.5, 0.6) is 0 Å². The van der Waals surface area contributed by atoms with Crippen molar-refractivity contribution >= 4 is 11.6 Å². The fraction of sp³-hybridized carbons (Fsp3) is 0.0769. The van der Waals surface area contributed by atoms with Crippen molar-refractivity contribution in [1.82, 2.24) is 4.98 Å². The van der Waals surface area contributed by atoms with Gasteiger partial charge in [0.25, 0.3) is 0 Å². The number of anilines is 1. The summed E-state index contributed by atoms with van der Waals surface area (Å²) < 4.78 is 0. The minimum Gasteiger partial charge on any atom is -0.359 e. The third-order valence-electron chi connectivity index (χ3n) is 4.96. The van der Waals surface area contributed by atoms with Gasteiger partial charge in [0, 0.05) is 17.3 Å². The molecule has 29 heavy (non-hydrogen) atoms. The van der Waals surface area contributed by atoms with Crippen molar-refractivity contribution in [3.05, 3.63) is 120 Å². The minimum atomic E-state index is -0.0884. The molecule has 1 unspecified atom stereocenters. The van der Waals surface area contributed by atoms with Crippen LogP contribution in [0.25, 0.3) is 11.1 Å². The molecule has 0 spiro atoms. The number of carbonyl (C=O) groups excluding carboxylic acids is 1. The number of rotatable bonds is 6. The first-order chi connectivity index (χ1) is 14.2. The Balaban J connectivity index is 1.75. The lowest BCUT2D eigenvalue weighted by molar-refractivity contribution is 0.101. The maximum absolute atomic E-state index is 11.7. The normalized spacial score (nSPS) is 11.6. The van der Waals surface area contributed by atoms with Crippen LogP contribution in [0.4, 0.5) is 5.82 Å². The summed E-state index contributed by atoms with van der Waals surface area (Å²) in [7, 11) is 0. The number of nitrogens with zero attached hydrogens (tertiary/aromatic N) is 1. The standard InChI is InChI=1S/C26H22N2O/c1-19(29)20-14-16-23(17-15-20)25(22-11-6-3-7-12-22)28-26-24(13-8-18-27-26)21-9-4-2-5-10-21/h2-18,25H,1H3,(H,27,28). The minimum absolute atomic E-state index is 0.0665. The SMILES string of the molecule is CC(=O)c1ccc(C(Nc2ncccc2-c2ccccc2)c2ccccc2)cc1. The van der Waals surface area contributed by atoms with Crippen LogP contribution in [-0.4, -0.2) is 10.8 Å². The third kappa shape index (κ3) is 4.25. The van der Waals surface area contributed by atoms with Crippen LogP contribution < -0.4 is 5.32 Å². The van der Waals surface area contributed by atoms with Gasteiger partial charge in [-0.25, -0.2) is 4.98 Å². The first-order valence-corrected chi connectivity index (χ1v) is 9.65. The van der Waals surface area contributed by atoms with E-state index < -0.39 is 0 Å². The van der Waals surface area contributed by atoms with E-state index in [0.717, 1.165) is 28.1 Å². The molecule has 3 heteroatoms. The molecule has 1 N–H and O–H groups in total. The van der Waals surface area contributed by atoms with Gasteiger partial charge >= 0.3 is 0 Å². The summed E-state index contributed by atoms with van der Waals surface area (Å²) in [6.45, 7) is 1.59. The molecule has 3 nitrogen and oxygen atoms in total. The summed E-state index contributed by atoms with van der Waals surface area (Å²) in [5.74, 6) is 0.889. The van der Waals surface area contributed by atoms with Crippen molar-refractivity contribution in [2.24, 2.45) is 0 Å². The second-order valence-corrected chi connectivity index (χ2v) is 6.93. The van der Waals surface area contributed by atoms with E-state index in [4.69, 9.17) is 0 Å². The van der Waals surface area contributed by atoms with E-state index >= 15 is 0 Å². The van der Waals surface area contributed by atoms with Crippen LogP contribution in [-0.2, 0) is 0 Å². The molecule has 3 aromatic carbocycles. The summed E-state index contributed by atoms with van der Waals surface area (Å²) in [4.78, 5) is 16.3. The van der Waals surface area contributed by atoms with E-state index in [0.29, 0.717) is 5.56 Å². The predicted octanol–water partition coefficient (Wildman–Crippen LogP) is 6.15. The number of pyridine rings is 1. The van der Waals surface area contributed by atoms with E-state index in [-0.39, 0.29) is 11.8 Å². The van der Waals surface area contributed by atoms with Gasteiger partial charge in [-0.2, -0.15) is 0 Å². The summed E-state index contributed by atoms with van der Waals surface area (Å²) in [6, 6.07) is 32.2. The van der Waals surface area contributed by atoms with E-state index in [1.807, 2.05) is 66.7 Å². The molecule has 0 amide bonds. The number of ketones is 1. The molecule has 0 radical (unpaired) electrons. The molecule has 1 atom stereocenters. The Kier molecular flexibility index (Phi) is 5.48. The second-order valence-electron chi connectivity index (χ2n) is 6.93. The average molecular weight is 378 g/mol. The maximum atomic E-state index is 11.7. The summed E-state index contributed by atoms with van der Waals surface area (Å²) in [5.41, 5.74) is 5.08. The van der Waals surface area contributed by atoms with Crippen molar-refractivity contribution in [2.75, 3.05) is 5.32 Å². The van der Waals surface area contributed by atoms with Crippen molar-refractivity contribution in [1.29, 1.82) is 0 Å². The Hall–Kier alpha value is -3.72. The fourth-order valence-electron chi connectivity index (χ4n) is 3.42. The van der Waals surface area contributed by atoms with Gasteiger partial charge in [-0.1, -0.05) is 84.9 Å². The monoisotopic (exact) mass is 378 g/mol. The van der Waals surface area contributed by atoms with Gasteiger partial charge in [0.15, 0.2) is 5.78 Å². The highest BCUT2D eigenvalue weighted by Gasteiger charge is 2.17. The largest absolute Gasteiger partial charge is 0.359 e. The number of carbonyl (C=O) groups is 1. The summed E-state index contributed by atoms with van der Waals surface area (Å²) in [6.07, 6.45) is 1.80. The van der Waals surface area contributed by atoms with Crippen LogP contribution in [0.1, 0.15) is 34.5 Å². The number of aromatic nitrogens is 1. The molecular weight excluding hydrogens is 356 g/mol. The Morgan fingerprint density at radius 1 is 0.759 bits per heavy atom. The topological polar surface area (TPSA) is 42.0 Å². The van der Waals surface area contributed by atoms with Crippen molar-refractivity contribution in [3.8, 4) is 11.1 Å². The molecule has 142 valence electrons. The van der Waals surface area contributed by atoms with Crippen LogP contribution >= 0.6 is 0 Å². The van der Waals surface area contributed by atoms with Crippen molar-refractivity contribution in [3.63, 3.8) is 0 Å². The molecular formula is C26H22N2O. The Morgan fingerprint density at radius 2 is 1.38 bits per heavy atom. The van der Waals surface area contributed by atoms with E-state index in [1.54, 1.807) is 13.1 Å². The van der Waals surface area contributed by atoms with Gasteiger partial charge in [0.1, 0.15) is 5.82 Å². The first kappa shape index (κ1) is 18.6. The van der Waals surface area contributed by atoms with Gasteiger partial charge in [0.2, 0.25) is 0 Å². The number of Topliss-reactive ketones (excluding diaryl/α,β-unsaturated/α-hetero) is 1. The molecule has 0 aliphatic carbocycles. The van der Waals surface area contributed by atoms with Crippen molar-refractivity contribution in [2.45, 2.75) is 13.0 Å². The Morgan fingerprint density at radius 3 is 2.03 bits per heavy atom. The van der Waals surface area contributed by atoms with Crippen LogP contribution in [0.2, 0.25) is 0 Å². The number of hydrogen-bond donors (Lipinski definition) is 1. The van der Waals surface area contributed by atoms with Gasteiger partial charge < -0.3 is 5.32 Å². The molecule has 1 aromatic heterocycles. The molecule has 0 fully saturated rings. The highest BCUT2D eigenvalue weighted by Crippen LogP contribution is 2.32. The van der Waals surface area contributed by atoms with E-state index in [9.17, 15) is 4.79 Å². The maximum Gasteiger partial charge on any atom is 0.159 e. The fourth-order valence-corrected chi connectivity index (χ4v) is 3.42. The average Bonchev–Trinajstić information content (AvgIpc) is 2.79. The quantitative estimate of drug-likeness (QED) is 0.409. The molecule has 4 aromatic rings. The van der Waals surface area contributed by atoms with Crippen LogP contribution in [0.3, 0.4) is 0 Å². The summed E-state index contributed by atoms with van der Waals surface area (Å²) in [5, 5.41) is 3.63.